The Morgan fingerprint density at radius 1 is 0.700 bits per heavy atom. The van der Waals surface area contributed by atoms with E-state index in [1.165, 1.54) is 44.5 Å². The summed E-state index contributed by atoms with van der Waals surface area (Å²) in [6, 6.07) is 8.94. The molecular formula is C24H36Cl2CoN3. The molecule has 4 N–H and O–H groups in total. The van der Waals surface area contributed by atoms with Gasteiger partial charge in [0, 0.05) is 12.1 Å². The summed E-state index contributed by atoms with van der Waals surface area (Å²) in [7, 11) is 9.47. The van der Waals surface area contributed by atoms with Gasteiger partial charge in [0.15, 0.2) is 0 Å². The molecule has 6 heteroatoms. The van der Waals surface area contributed by atoms with Gasteiger partial charge in [0.2, 0.25) is 0 Å². The van der Waals surface area contributed by atoms with Crippen molar-refractivity contribution in [3.8, 4) is 0 Å². The van der Waals surface area contributed by atoms with Crippen LogP contribution in [0.1, 0.15) is 69.4 Å². The van der Waals surface area contributed by atoms with Gasteiger partial charge in [-0.1, -0.05) is 48.2 Å². The average molecular weight is 496 g/mol. The molecule has 0 aliphatic heterocycles. The number of hydrogen-bond acceptors (Lipinski definition) is 2. The van der Waals surface area contributed by atoms with Crippen LogP contribution in [0.2, 0.25) is 0 Å². The molecule has 0 amide bonds. The molecule has 2 aromatic rings. The molecule has 0 saturated carbocycles. The maximum absolute atomic E-state index is 6.45. The Bertz CT molecular complexity index is 700. The Hall–Kier alpha value is -0.594. The van der Waals surface area contributed by atoms with E-state index in [1.807, 2.05) is 0 Å². The molecule has 0 fully saturated rings. The van der Waals surface area contributed by atoms with E-state index in [1.54, 1.807) is 0 Å². The molecule has 0 aromatic heterocycles. The van der Waals surface area contributed by atoms with Gasteiger partial charge in [-0.15, -0.1) is 13.1 Å². The molecule has 2 rings (SSSR count). The first kappa shape index (κ1) is 27.4. The van der Waals surface area contributed by atoms with Crippen LogP contribution in [0.3, 0.4) is 0 Å². The van der Waals surface area contributed by atoms with Gasteiger partial charge < -0.3 is 16.8 Å². The molecule has 0 heterocycles. The SMILES string of the molecule is Cc1cc(C)c(C(N)CC[N-]CCC(N)c2c(C)cc(C)cc2C)c(C)c1.[Cl][Co+][Cl]. The van der Waals surface area contributed by atoms with E-state index in [2.05, 4.69) is 65.8 Å². The van der Waals surface area contributed by atoms with Crippen LogP contribution in [-0.4, -0.2) is 13.1 Å². The molecule has 2 unspecified atom stereocenters. The molecule has 0 aliphatic carbocycles. The van der Waals surface area contributed by atoms with E-state index in [0.717, 1.165) is 25.9 Å². The fourth-order valence-electron chi connectivity index (χ4n) is 4.41. The van der Waals surface area contributed by atoms with Crippen molar-refractivity contribution in [1.29, 1.82) is 0 Å². The number of nitrogens with two attached hydrogens (primary N) is 2. The maximum atomic E-state index is 6.45. The Balaban J connectivity index is 0.00000141. The molecule has 0 saturated heterocycles. The molecule has 3 nitrogen and oxygen atoms in total. The van der Waals surface area contributed by atoms with Crippen LogP contribution in [0.15, 0.2) is 24.3 Å². The zero-order chi connectivity index (χ0) is 22.8. The Morgan fingerprint density at radius 3 is 1.23 bits per heavy atom. The molecule has 0 spiro atoms. The number of aryl methyl sites for hydroxylation is 6. The van der Waals surface area contributed by atoms with Crippen LogP contribution in [0, 0.1) is 41.5 Å². The van der Waals surface area contributed by atoms with Gasteiger partial charge in [0.25, 0.3) is 0 Å². The Kier molecular flexibility index (Phi) is 12.6. The third kappa shape index (κ3) is 8.50. The van der Waals surface area contributed by atoms with Crippen molar-refractivity contribution >= 4 is 20.3 Å². The topological polar surface area (TPSA) is 66.1 Å². The number of rotatable bonds is 8. The van der Waals surface area contributed by atoms with Crippen molar-refractivity contribution in [3.63, 3.8) is 0 Å². The van der Waals surface area contributed by atoms with Gasteiger partial charge in [-0.3, -0.25) is 0 Å². The van der Waals surface area contributed by atoms with Crippen molar-refractivity contribution in [1.82, 2.24) is 0 Å². The Morgan fingerprint density at radius 2 is 0.967 bits per heavy atom. The first-order valence-electron chi connectivity index (χ1n) is 10.3. The van der Waals surface area contributed by atoms with E-state index in [9.17, 15) is 0 Å². The number of benzene rings is 2. The summed E-state index contributed by atoms with van der Waals surface area (Å²) in [5.74, 6) is 0. The Labute approximate surface area is 197 Å². The van der Waals surface area contributed by atoms with E-state index in [-0.39, 0.29) is 12.1 Å². The molecule has 0 bridgehead atoms. The summed E-state index contributed by atoms with van der Waals surface area (Å²) in [5.41, 5.74) is 23.2. The van der Waals surface area contributed by atoms with Crippen LogP contribution >= 0.6 is 20.3 Å². The summed E-state index contributed by atoms with van der Waals surface area (Å²) in [6.45, 7) is 14.4. The van der Waals surface area contributed by atoms with Crippen molar-refractivity contribution in [2.75, 3.05) is 13.1 Å². The third-order valence-corrected chi connectivity index (χ3v) is 5.41. The molecule has 0 radical (unpaired) electrons. The van der Waals surface area contributed by atoms with Gasteiger partial charge in [-0.05, 0) is 74.9 Å². The fourth-order valence-corrected chi connectivity index (χ4v) is 4.41. The number of hydrogen-bond donors (Lipinski definition) is 2. The van der Waals surface area contributed by atoms with Crippen LogP contribution in [-0.2, 0) is 12.9 Å². The van der Waals surface area contributed by atoms with Crippen molar-refractivity contribution in [2.24, 2.45) is 11.5 Å². The number of halogens is 2. The zero-order valence-electron chi connectivity index (χ0n) is 19.0. The zero-order valence-corrected chi connectivity index (χ0v) is 21.5. The van der Waals surface area contributed by atoms with Crippen molar-refractivity contribution < 1.29 is 12.9 Å². The summed E-state index contributed by atoms with van der Waals surface area (Å²) in [6.07, 6.45) is 1.76. The molecule has 0 aliphatic rings. The fraction of sp³-hybridized carbons (Fsp3) is 0.500. The van der Waals surface area contributed by atoms with Crippen molar-refractivity contribution in [2.45, 2.75) is 66.5 Å². The molecule has 170 valence electrons. The molecule has 2 aromatic carbocycles. The van der Waals surface area contributed by atoms with Crippen LogP contribution in [0.4, 0.5) is 0 Å². The number of nitrogens with zero attached hydrogens (tertiary/aromatic N) is 1. The van der Waals surface area contributed by atoms with Gasteiger partial charge in [-0.2, -0.15) is 0 Å². The van der Waals surface area contributed by atoms with Gasteiger partial charge >= 0.3 is 33.2 Å². The van der Waals surface area contributed by atoms with Gasteiger partial charge in [0.1, 0.15) is 0 Å². The summed E-state index contributed by atoms with van der Waals surface area (Å²) < 4.78 is 0. The summed E-state index contributed by atoms with van der Waals surface area (Å²) in [4.78, 5) is 0. The monoisotopic (exact) mass is 495 g/mol. The standard InChI is InChI=1S/C24H36N3.2ClH.Co/c1-15-11-17(3)23(18(4)12-15)21(25)7-9-27-10-8-22(26)24-19(5)13-16(2)14-20(24)6;;;/h11-14,21-22H,7-10,25-26H2,1-6H3;2*1H;/q-1;;;+3/p-2. The van der Waals surface area contributed by atoms with Crippen LogP contribution in [0.5, 0.6) is 0 Å². The third-order valence-electron chi connectivity index (χ3n) is 5.41. The van der Waals surface area contributed by atoms with E-state index < -0.39 is 0 Å². The first-order chi connectivity index (χ1) is 14.1. The quantitative estimate of drug-likeness (QED) is 0.396. The average Bonchev–Trinajstić information content (AvgIpc) is 2.60. The van der Waals surface area contributed by atoms with E-state index in [0.29, 0.717) is 12.9 Å². The second-order valence-corrected chi connectivity index (χ2v) is 9.85. The van der Waals surface area contributed by atoms with E-state index in [4.69, 9.17) is 37.1 Å². The summed E-state index contributed by atoms with van der Waals surface area (Å²) in [5, 5.41) is 4.70. The normalized spacial score (nSPS) is 13.0. The van der Waals surface area contributed by atoms with Gasteiger partial charge in [0.05, 0.1) is 0 Å². The van der Waals surface area contributed by atoms with Gasteiger partial charge in [-0.25, -0.2) is 0 Å². The van der Waals surface area contributed by atoms with E-state index >= 15 is 0 Å². The first-order valence-corrected chi connectivity index (χ1v) is 13.1. The second kappa shape index (κ2) is 13.7. The van der Waals surface area contributed by atoms with Crippen LogP contribution < -0.4 is 11.5 Å². The van der Waals surface area contributed by atoms with Crippen LogP contribution in [0.25, 0.3) is 5.32 Å². The predicted octanol–water partition coefficient (Wildman–Crippen LogP) is 6.77. The minimum absolute atomic E-state index is 0.0459. The molecular weight excluding hydrogens is 460 g/mol. The molecule has 2 atom stereocenters. The second-order valence-electron chi connectivity index (χ2n) is 8.13. The summed E-state index contributed by atoms with van der Waals surface area (Å²) >= 11 is 0.382. The minimum atomic E-state index is 0.0459. The van der Waals surface area contributed by atoms with Crippen molar-refractivity contribution in [3.05, 3.63) is 74.1 Å². The molecule has 30 heavy (non-hydrogen) atoms. The predicted molar refractivity (Wildman–Crippen MR) is 129 cm³/mol.